The summed E-state index contributed by atoms with van der Waals surface area (Å²) in [4.78, 5) is 12.0. The smallest absolute Gasteiger partial charge is 0.342 e. The normalized spacial score (nSPS) is 11.7. The minimum atomic E-state index is -1.11. The Kier molecular flexibility index (Phi) is 7.14. The van der Waals surface area contributed by atoms with Gasteiger partial charge in [-0.2, -0.15) is 0 Å². The summed E-state index contributed by atoms with van der Waals surface area (Å²) >= 11 is 19.3. The Morgan fingerprint density at radius 2 is 1.79 bits per heavy atom. The number of hydrogen-bond donors (Lipinski definition) is 1. The third-order valence-corrected chi connectivity index (χ3v) is 6.46. The molecule has 1 N–H and O–H groups in total. The highest BCUT2D eigenvalue weighted by atomic mass is 35.5. The first-order valence-electron chi connectivity index (χ1n) is 9.73. The van der Waals surface area contributed by atoms with Gasteiger partial charge in [-0.25, -0.2) is 4.79 Å². The number of furan rings is 1. The first-order valence-corrected chi connectivity index (χ1v) is 11.7. The number of aromatic nitrogens is 3. The van der Waals surface area contributed by atoms with E-state index in [2.05, 4.69) is 10.2 Å². The molecule has 0 aliphatic heterocycles. The molecule has 168 valence electrons. The lowest BCUT2D eigenvalue weighted by Gasteiger charge is -2.07. The molecule has 0 spiro atoms. The van der Waals surface area contributed by atoms with E-state index in [0.29, 0.717) is 49.7 Å². The number of carboxylic acid groups (broad SMARTS) is 1. The number of aliphatic carboxylic acids is 1. The molecule has 0 aliphatic rings. The second-order valence-electron chi connectivity index (χ2n) is 6.80. The Hall–Kier alpha value is -2.71. The summed E-state index contributed by atoms with van der Waals surface area (Å²) in [6, 6.07) is 15.6. The molecule has 0 amide bonds. The number of thioether (sulfide) groups is 1. The fraction of sp³-hybridized carbons (Fsp3) is 0.0870. The Bertz CT molecular complexity index is 1350. The molecule has 33 heavy (non-hydrogen) atoms. The van der Waals surface area contributed by atoms with Crippen LogP contribution in [0.15, 0.2) is 69.1 Å². The van der Waals surface area contributed by atoms with Crippen molar-refractivity contribution in [3.8, 4) is 22.7 Å². The minimum Gasteiger partial charge on any atom is -0.477 e. The summed E-state index contributed by atoms with van der Waals surface area (Å²) in [5.41, 5.74) is 1.45. The van der Waals surface area contributed by atoms with Crippen LogP contribution in [0.25, 0.3) is 28.8 Å². The van der Waals surface area contributed by atoms with E-state index >= 15 is 0 Å². The Labute approximate surface area is 208 Å². The Morgan fingerprint density at radius 3 is 2.48 bits per heavy atom. The molecule has 0 fully saturated rings. The zero-order valence-corrected chi connectivity index (χ0v) is 20.2. The molecule has 0 bridgehead atoms. The zero-order chi connectivity index (χ0) is 23.5. The van der Waals surface area contributed by atoms with Gasteiger partial charge in [-0.1, -0.05) is 34.8 Å². The quantitative estimate of drug-likeness (QED) is 0.202. The fourth-order valence-electron chi connectivity index (χ4n) is 3.09. The van der Waals surface area contributed by atoms with Crippen molar-refractivity contribution in [3.05, 3.63) is 80.3 Å². The van der Waals surface area contributed by atoms with Crippen LogP contribution in [0, 0.1) is 0 Å². The third kappa shape index (κ3) is 5.28. The van der Waals surface area contributed by atoms with Gasteiger partial charge < -0.3 is 14.1 Å². The molecule has 2 heterocycles. The standard InChI is InChI=1S/C23H16Cl3N3O3S/c1-2-29-21(13-3-5-14(24)6-4-13)27-28-23(29)33-20(22(30)31)12-16-8-10-19(32-16)17-11-15(25)7-9-18(17)26/h3-12H,2H2,1H3,(H,30,31)/b20-12-. The van der Waals surface area contributed by atoms with E-state index < -0.39 is 5.97 Å². The molecule has 2 aromatic heterocycles. The zero-order valence-electron chi connectivity index (χ0n) is 17.1. The maximum atomic E-state index is 12.0. The monoisotopic (exact) mass is 519 g/mol. The summed E-state index contributed by atoms with van der Waals surface area (Å²) < 4.78 is 7.65. The summed E-state index contributed by atoms with van der Waals surface area (Å²) in [5.74, 6) is 0.339. The lowest BCUT2D eigenvalue weighted by molar-refractivity contribution is -0.131. The van der Waals surface area contributed by atoms with Gasteiger partial charge in [0.25, 0.3) is 0 Å². The summed E-state index contributed by atoms with van der Waals surface area (Å²) in [6.45, 7) is 2.49. The summed E-state index contributed by atoms with van der Waals surface area (Å²) in [6.07, 6.45) is 1.44. The second kappa shape index (κ2) is 10.1. The van der Waals surface area contributed by atoms with E-state index in [1.807, 2.05) is 23.6 Å². The lowest BCUT2D eigenvalue weighted by Crippen LogP contribution is -2.02. The topological polar surface area (TPSA) is 81.2 Å². The Morgan fingerprint density at radius 1 is 1.06 bits per heavy atom. The van der Waals surface area contributed by atoms with E-state index in [-0.39, 0.29) is 4.91 Å². The van der Waals surface area contributed by atoms with Gasteiger partial charge in [0.05, 0.1) is 5.02 Å². The van der Waals surface area contributed by atoms with Crippen LogP contribution in [0.3, 0.4) is 0 Å². The number of carboxylic acids is 1. The first kappa shape index (κ1) is 23.4. The predicted octanol–water partition coefficient (Wildman–Crippen LogP) is 7.40. The Balaban J connectivity index is 1.64. The van der Waals surface area contributed by atoms with Crippen LogP contribution in [-0.2, 0) is 11.3 Å². The minimum absolute atomic E-state index is 0.0258. The van der Waals surface area contributed by atoms with Crippen LogP contribution in [0.2, 0.25) is 15.1 Å². The number of rotatable bonds is 7. The highest BCUT2D eigenvalue weighted by Gasteiger charge is 2.19. The van der Waals surface area contributed by atoms with Crippen molar-refractivity contribution in [1.82, 2.24) is 14.8 Å². The highest BCUT2D eigenvalue weighted by Crippen LogP contribution is 2.34. The van der Waals surface area contributed by atoms with Gasteiger partial charge in [-0.15, -0.1) is 10.2 Å². The van der Waals surface area contributed by atoms with Gasteiger partial charge in [0.2, 0.25) is 0 Å². The maximum Gasteiger partial charge on any atom is 0.342 e. The highest BCUT2D eigenvalue weighted by molar-refractivity contribution is 8.04. The molecule has 4 aromatic rings. The van der Waals surface area contributed by atoms with Gasteiger partial charge in [-0.3, -0.25) is 0 Å². The average Bonchev–Trinajstić information content (AvgIpc) is 3.42. The number of halogens is 3. The van der Waals surface area contributed by atoms with Crippen molar-refractivity contribution in [2.24, 2.45) is 0 Å². The van der Waals surface area contributed by atoms with E-state index in [1.54, 1.807) is 42.5 Å². The van der Waals surface area contributed by atoms with Gasteiger partial charge in [-0.05, 0) is 73.3 Å². The molecule has 6 nitrogen and oxygen atoms in total. The van der Waals surface area contributed by atoms with Gasteiger partial charge in [0, 0.05) is 33.8 Å². The lowest BCUT2D eigenvalue weighted by atomic mass is 10.2. The van der Waals surface area contributed by atoms with Crippen molar-refractivity contribution in [2.45, 2.75) is 18.6 Å². The van der Waals surface area contributed by atoms with Crippen molar-refractivity contribution in [1.29, 1.82) is 0 Å². The van der Waals surface area contributed by atoms with E-state index in [4.69, 9.17) is 39.2 Å². The largest absolute Gasteiger partial charge is 0.477 e. The van der Waals surface area contributed by atoms with Gasteiger partial charge in [0.1, 0.15) is 16.4 Å². The van der Waals surface area contributed by atoms with E-state index in [0.717, 1.165) is 17.3 Å². The predicted molar refractivity (Wildman–Crippen MR) is 132 cm³/mol. The van der Waals surface area contributed by atoms with E-state index in [1.165, 1.54) is 6.08 Å². The summed E-state index contributed by atoms with van der Waals surface area (Å²) in [7, 11) is 0. The molecule has 0 atom stereocenters. The number of nitrogens with zero attached hydrogens (tertiary/aromatic N) is 3. The molecule has 0 saturated heterocycles. The molecule has 4 rings (SSSR count). The fourth-order valence-corrected chi connectivity index (χ4v) is 4.46. The van der Waals surface area contributed by atoms with Crippen molar-refractivity contribution >= 4 is 58.6 Å². The number of carbonyl (C=O) groups is 1. The average molecular weight is 521 g/mol. The maximum absolute atomic E-state index is 12.0. The van der Waals surface area contributed by atoms with Gasteiger partial charge in [0.15, 0.2) is 11.0 Å². The molecular weight excluding hydrogens is 505 g/mol. The molecule has 0 saturated carbocycles. The van der Waals surface area contributed by atoms with Crippen LogP contribution >= 0.6 is 46.6 Å². The molecule has 10 heteroatoms. The summed E-state index contributed by atoms with van der Waals surface area (Å²) in [5, 5.41) is 20.3. The second-order valence-corrected chi connectivity index (χ2v) is 9.09. The van der Waals surface area contributed by atoms with Crippen LogP contribution in [0.5, 0.6) is 0 Å². The first-order chi connectivity index (χ1) is 15.9. The van der Waals surface area contributed by atoms with Crippen LogP contribution < -0.4 is 0 Å². The SMILES string of the molecule is CCn1c(S/C(=C\c2ccc(-c3cc(Cl)ccc3Cl)o2)C(=O)O)nnc1-c1ccc(Cl)cc1. The molecule has 0 radical (unpaired) electrons. The third-order valence-electron chi connectivity index (χ3n) is 4.64. The van der Waals surface area contributed by atoms with Gasteiger partial charge >= 0.3 is 5.97 Å². The molecular formula is C23H16Cl3N3O3S. The van der Waals surface area contributed by atoms with Crippen molar-refractivity contribution < 1.29 is 14.3 Å². The number of hydrogen-bond acceptors (Lipinski definition) is 5. The van der Waals surface area contributed by atoms with Crippen LogP contribution in [0.4, 0.5) is 0 Å². The molecule has 0 aliphatic carbocycles. The van der Waals surface area contributed by atoms with Crippen LogP contribution in [-0.4, -0.2) is 25.8 Å². The molecule has 2 aromatic carbocycles. The van der Waals surface area contributed by atoms with Crippen molar-refractivity contribution in [3.63, 3.8) is 0 Å². The van der Waals surface area contributed by atoms with Crippen LogP contribution in [0.1, 0.15) is 12.7 Å². The number of benzene rings is 2. The van der Waals surface area contributed by atoms with Crippen molar-refractivity contribution in [2.75, 3.05) is 0 Å². The molecule has 0 unspecified atom stereocenters. The van der Waals surface area contributed by atoms with E-state index in [9.17, 15) is 9.90 Å².